The van der Waals surface area contributed by atoms with Crippen molar-refractivity contribution in [3.05, 3.63) is 36.3 Å². The highest BCUT2D eigenvalue weighted by Crippen LogP contribution is 2.38. The van der Waals surface area contributed by atoms with Gasteiger partial charge in [-0.3, -0.25) is 0 Å². The van der Waals surface area contributed by atoms with Crippen molar-refractivity contribution in [2.75, 3.05) is 26.7 Å². The molecule has 0 radical (unpaired) electrons. The maximum atomic E-state index is 5.30. The predicted octanol–water partition coefficient (Wildman–Crippen LogP) is 3.40. The van der Waals surface area contributed by atoms with Crippen LogP contribution in [0.5, 0.6) is 5.75 Å². The average molecular weight is 367 g/mol. The zero-order valence-corrected chi connectivity index (χ0v) is 16.3. The van der Waals surface area contributed by atoms with Gasteiger partial charge in [-0.15, -0.1) is 0 Å². The molecule has 2 fully saturated rings. The first-order valence-corrected chi connectivity index (χ1v) is 10.5. The second kappa shape index (κ2) is 6.95. The zero-order chi connectivity index (χ0) is 18.3. The van der Waals surface area contributed by atoms with Crippen LogP contribution in [-0.4, -0.2) is 47.2 Å². The number of piperidine rings is 1. The van der Waals surface area contributed by atoms with Crippen molar-refractivity contribution in [2.45, 2.75) is 56.7 Å². The molecule has 2 aliphatic heterocycles. The Kier molecular flexibility index (Phi) is 4.44. The molecule has 0 bridgehead atoms. The Labute approximate surface area is 161 Å². The van der Waals surface area contributed by atoms with E-state index < -0.39 is 0 Å². The number of likely N-dealkylation sites (tertiary alicyclic amines) is 1. The summed E-state index contributed by atoms with van der Waals surface area (Å²) in [6.45, 7) is 4.41. The third-order valence-corrected chi connectivity index (χ3v) is 6.96. The Morgan fingerprint density at radius 3 is 2.52 bits per heavy atom. The molecule has 1 saturated heterocycles. The molecular formula is C22H30N4O. The third-order valence-electron chi connectivity index (χ3n) is 6.96. The van der Waals surface area contributed by atoms with Crippen LogP contribution in [0.25, 0.3) is 11.3 Å². The van der Waals surface area contributed by atoms with Crippen molar-refractivity contribution >= 4 is 0 Å². The van der Waals surface area contributed by atoms with Gasteiger partial charge >= 0.3 is 0 Å². The Morgan fingerprint density at radius 1 is 1.07 bits per heavy atom. The van der Waals surface area contributed by atoms with Gasteiger partial charge in [0.25, 0.3) is 0 Å². The van der Waals surface area contributed by atoms with E-state index >= 15 is 0 Å². The number of hydrogen-bond donors (Lipinski definition) is 1. The first-order chi connectivity index (χ1) is 13.3. The van der Waals surface area contributed by atoms with Gasteiger partial charge in [-0.1, -0.05) is 12.8 Å². The Balaban J connectivity index is 1.40. The minimum Gasteiger partial charge on any atom is -0.497 e. The summed E-state index contributed by atoms with van der Waals surface area (Å²) < 4.78 is 7.75. The lowest BCUT2D eigenvalue weighted by Crippen LogP contribution is -2.56. The number of rotatable bonds is 3. The highest BCUT2D eigenvalue weighted by Gasteiger charge is 2.43. The van der Waals surface area contributed by atoms with Crippen LogP contribution in [0.4, 0.5) is 0 Å². The minimum absolute atomic E-state index is 0.0536. The van der Waals surface area contributed by atoms with Crippen molar-refractivity contribution < 1.29 is 4.74 Å². The van der Waals surface area contributed by atoms with Crippen LogP contribution >= 0.6 is 0 Å². The SMILES string of the molecule is COc1ccc(-c2cnc3n2CCNC32CCN(C3CCCC3)CC2)cc1. The van der Waals surface area contributed by atoms with Gasteiger partial charge in [0.2, 0.25) is 0 Å². The molecule has 5 nitrogen and oxygen atoms in total. The molecule has 2 aromatic rings. The van der Waals surface area contributed by atoms with E-state index in [2.05, 4.69) is 33.1 Å². The molecule has 1 saturated carbocycles. The van der Waals surface area contributed by atoms with Crippen LogP contribution in [0.3, 0.4) is 0 Å². The van der Waals surface area contributed by atoms with Crippen molar-refractivity contribution in [1.29, 1.82) is 0 Å². The fraction of sp³-hybridized carbons (Fsp3) is 0.591. The molecule has 1 aromatic carbocycles. The summed E-state index contributed by atoms with van der Waals surface area (Å²) in [6.07, 6.45) is 10.0. The Bertz CT molecular complexity index is 783. The monoisotopic (exact) mass is 366 g/mol. The van der Waals surface area contributed by atoms with Gasteiger partial charge < -0.3 is 19.5 Å². The van der Waals surface area contributed by atoms with Gasteiger partial charge in [-0.25, -0.2) is 4.98 Å². The first kappa shape index (κ1) is 17.3. The average Bonchev–Trinajstić information content (AvgIpc) is 3.40. The molecule has 3 heterocycles. The second-order valence-electron chi connectivity index (χ2n) is 8.33. The van der Waals surface area contributed by atoms with Crippen LogP contribution in [0.2, 0.25) is 0 Å². The fourth-order valence-electron chi connectivity index (χ4n) is 5.40. The van der Waals surface area contributed by atoms with Crippen molar-refractivity contribution in [2.24, 2.45) is 0 Å². The third kappa shape index (κ3) is 2.97. The minimum atomic E-state index is 0.0536. The molecule has 5 heteroatoms. The summed E-state index contributed by atoms with van der Waals surface area (Å²) in [5.74, 6) is 2.14. The number of ether oxygens (including phenoxy) is 1. The number of methoxy groups -OCH3 is 1. The number of benzene rings is 1. The fourth-order valence-corrected chi connectivity index (χ4v) is 5.40. The van der Waals surface area contributed by atoms with E-state index in [9.17, 15) is 0 Å². The highest BCUT2D eigenvalue weighted by molar-refractivity contribution is 5.61. The Hall–Kier alpha value is -1.85. The van der Waals surface area contributed by atoms with Gasteiger partial charge in [0.1, 0.15) is 11.6 Å². The van der Waals surface area contributed by atoms with E-state index in [-0.39, 0.29) is 5.54 Å². The van der Waals surface area contributed by atoms with E-state index in [1.54, 1.807) is 7.11 Å². The summed E-state index contributed by atoms with van der Waals surface area (Å²) in [7, 11) is 1.71. The number of fused-ring (bicyclic) bond motifs is 2. The maximum absolute atomic E-state index is 5.30. The number of imidazole rings is 1. The molecule has 1 spiro atoms. The lowest BCUT2D eigenvalue weighted by molar-refractivity contribution is 0.0838. The van der Waals surface area contributed by atoms with Crippen LogP contribution < -0.4 is 10.1 Å². The Morgan fingerprint density at radius 2 is 1.81 bits per heavy atom. The zero-order valence-electron chi connectivity index (χ0n) is 16.3. The molecule has 0 unspecified atom stereocenters. The van der Waals surface area contributed by atoms with E-state index in [1.165, 1.54) is 68.7 Å². The van der Waals surface area contributed by atoms with E-state index in [4.69, 9.17) is 9.72 Å². The van der Waals surface area contributed by atoms with Crippen molar-refractivity contribution in [3.63, 3.8) is 0 Å². The smallest absolute Gasteiger partial charge is 0.129 e. The number of nitrogens with one attached hydrogen (secondary N) is 1. The summed E-state index contributed by atoms with van der Waals surface area (Å²) in [5.41, 5.74) is 2.50. The molecule has 5 rings (SSSR count). The molecule has 0 amide bonds. The number of nitrogens with zero attached hydrogens (tertiary/aromatic N) is 3. The van der Waals surface area contributed by atoms with Crippen LogP contribution in [0.15, 0.2) is 30.5 Å². The second-order valence-corrected chi connectivity index (χ2v) is 8.33. The van der Waals surface area contributed by atoms with Crippen molar-refractivity contribution in [1.82, 2.24) is 19.8 Å². The van der Waals surface area contributed by atoms with Crippen molar-refractivity contribution in [3.8, 4) is 17.0 Å². The molecule has 3 aliphatic rings. The molecule has 1 N–H and O–H groups in total. The summed E-state index contributed by atoms with van der Waals surface area (Å²) in [4.78, 5) is 7.67. The molecular weight excluding hydrogens is 336 g/mol. The van der Waals surface area contributed by atoms with Gasteiger partial charge in [-0.2, -0.15) is 0 Å². The highest BCUT2D eigenvalue weighted by atomic mass is 16.5. The molecule has 0 atom stereocenters. The summed E-state index contributed by atoms with van der Waals surface area (Å²) >= 11 is 0. The lowest BCUT2D eigenvalue weighted by atomic mass is 9.84. The lowest BCUT2D eigenvalue weighted by Gasteiger charge is -2.46. The number of aromatic nitrogens is 2. The predicted molar refractivity (Wildman–Crippen MR) is 107 cm³/mol. The topological polar surface area (TPSA) is 42.3 Å². The first-order valence-electron chi connectivity index (χ1n) is 10.5. The van der Waals surface area contributed by atoms with Crippen LogP contribution in [0, 0.1) is 0 Å². The summed E-state index contributed by atoms with van der Waals surface area (Å²) in [5, 5.41) is 3.85. The van der Waals surface area contributed by atoms with Gasteiger partial charge in [0.05, 0.1) is 24.5 Å². The van der Waals surface area contributed by atoms with E-state index in [1.807, 2.05) is 12.1 Å². The van der Waals surface area contributed by atoms with Gasteiger partial charge in [-0.05, 0) is 49.9 Å². The van der Waals surface area contributed by atoms with Crippen LogP contribution in [-0.2, 0) is 12.1 Å². The normalized spacial score (nSPS) is 22.9. The van der Waals surface area contributed by atoms with Gasteiger partial charge in [0, 0.05) is 37.8 Å². The van der Waals surface area contributed by atoms with E-state index in [0.717, 1.165) is 24.9 Å². The quantitative estimate of drug-likeness (QED) is 0.904. The molecule has 144 valence electrons. The maximum Gasteiger partial charge on any atom is 0.129 e. The van der Waals surface area contributed by atoms with Crippen LogP contribution in [0.1, 0.15) is 44.3 Å². The molecule has 1 aliphatic carbocycles. The van der Waals surface area contributed by atoms with E-state index in [0.29, 0.717) is 0 Å². The molecule has 1 aromatic heterocycles. The van der Waals surface area contributed by atoms with Gasteiger partial charge in [0.15, 0.2) is 0 Å². The number of hydrogen-bond acceptors (Lipinski definition) is 4. The largest absolute Gasteiger partial charge is 0.497 e. The summed E-state index contributed by atoms with van der Waals surface area (Å²) in [6, 6.07) is 9.18. The molecule has 27 heavy (non-hydrogen) atoms. The standard InChI is InChI=1S/C22H30N4O/c1-27-19-8-6-17(7-9-19)20-16-23-21-22(24-12-15-26(20)21)10-13-25(14-11-22)18-4-2-3-5-18/h6-9,16,18,24H,2-5,10-15H2,1H3.